The first kappa shape index (κ1) is 30.1. The second kappa shape index (κ2) is 13.1. The molecule has 0 fully saturated rings. The fraction of sp³-hybridized carbons (Fsp3) is 0. The first-order valence-electron chi connectivity index (χ1n) is 16.9. The molecule has 5 nitrogen and oxygen atoms in total. The van der Waals surface area contributed by atoms with Gasteiger partial charge in [-0.05, 0) is 69.8 Å². The second-order valence-electron chi connectivity index (χ2n) is 12.3. The van der Waals surface area contributed by atoms with Crippen LogP contribution in [-0.4, -0.2) is 19.9 Å². The summed E-state index contributed by atoms with van der Waals surface area (Å²) >= 11 is 0. The van der Waals surface area contributed by atoms with Crippen molar-refractivity contribution in [1.29, 1.82) is 0 Å². The lowest BCUT2D eigenvalue weighted by Gasteiger charge is -2.11. The molecule has 0 radical (unpaired) electrons. The zero-order valence-corrected chi connectivity index (χ0v) is 27.5. The van der Waals surface area contributed by atoms with Crippen molar-refractivity contribution in [2.45, 2.75) is 0 Å². The summed E-state index contributed by atoms with van der Waals surface area (Å²) in [7, 11) is 0. The molecule has 0 bridgehead atoms. The molecule has 0 N–H and O–H groups in total. The molecule has 0 spiro atoms. The molecule has 0 aliphatic rings. The van der Waals surface area contributed by atoms with Crippen LogP contribution in [0.3, 0.4) is 0 Å². The number of aromatic nitrogens is 4. The summed E-state index contributed by atoms with van der Waals surface area (Å²) in [6, 6.07) is 62.0. The fourth-order valence-corrected chi connectivity index (χ4v) is 6.31. The predicted molar refractivity (Wildman–Crippen MR) is 205 cm³/mol. The van der Waals surface area contributed by atoms with Crippen molar-refractivity contribution < 1.29 is 4.42 Å². The number of fused-ring (bicyclic) bond motifs is 1. The van der Waals surface area contributed by atoms with Crippen LogP contribution in [0.5, 0.6) is 0 Å². The third-order valence-electron chi connectivity index (χ3n) is 8.99. The van der Waals surface area contributed by atoms with Gasteiger partial charge in [0, 0.05) is 22.3 Å². The van der Waals surface area contributed by atoms with Gasteiger partial charge in [0.05, 0.1) is 0 Å². The zero-order chi connectivity index (χ0) is 34.0. The van der Waals surface area contributed by atoms with Crippen molar-refractivity contribution in [1.82, 2.24) is 19.9 Å². The van der Waals surface area contributed by atoms with Gasteiger partial charge in [-0.2, -0.15) is 0 Å². The Balaban J connectivity index is 1.11. The highest BCUT2D eigenvalue weighted by Crippen LogP contribution is 2.32. The van der Waals surface area contributed by atoms with E-state index in [2.05, 4.69) is 126 Å². The van der Waals surface area contributed by atoms with E-state index in [1.807, 2.05) is 60.7 Å². The molecule has 2 aromatic heterocycles. The largest absolute Gasteiger partial charge is 0.436 e. The van der Waals surface area contributed by atoms with Gasteiger partial charge in [-0.25, -0.2) is 19.9 Å². The van der Waals surface area contributed by atoms with E-state index in [1.165, 1.54) is 11.1 Å². The van der Waals surface area contributed by atoms with Crippen LogP contribution in [0.25, 0.3) is 90.1 Å². The van der Waals surface area contributed by atoms with E-state index in [0.717, 1.165) is 55.6 Å². The number of nitrogens with zero attached hydrogens (tertiary/aromatic N) is 4. The smallest absolute Gasteiger partial charge is 0.227 e. The summed E-state index contributed by atoms with van der Waals surface area (Å²) in [5.41, 5.74) is 12.0. The number of rotatable bonds is 7. The van der Waals surface area contributed by atoms with Crippen molar-refractivity contribution in [3.05, 3.63) is 182 Å². The molecule has 0 saturated heterocycles. The zero-order valence-electron chi connectivity index (χ0n) is 27.5. The second-order valence-corrected chi connectivity index (χ2v) is 12.3. The number of para-hydroxylation sites is 2. The van der Waals surface area contributed by atoms with Gasteiger partial charge in [0.2, 0.25) is 5.89 Å². The highest BCUT2D eigenvalue weighted by atomic mass is 16.3. The standard InChI is InChI=1S/C46H30N4O/c1-3-11-31(12-4-1)33-21-23-34(24-22-33)43-48-44(35-25-27-36(28-26-35)46-47-41-19-7-8-20-42(41)51-46)50-45(49-43)40-18-10-17-39(30-40)38-16-9-15-37(29-38)32-13-5-2-6-14-32/h1-30H. The van der Waals surface area contributed by atoms with Crippen molar-refractivity contribution in [3.8, 4) is 79.0 Å². The van der Waals surface area contributed by atoms with Crippen LogP contribution in [0.1, 0.15) is 0 Å². The first-order chi connectivity index (χ1) is 25.2. The van der Waals surface area contributed by atoms with E-state index in [1.54, 1.807) is 0 Å². The van der Waals surface area contributed by atoms with E-state index in [4.69, 9.17) is 19.4 Å². The van der Waals surface area contributed by atoms with Gasteiger partial charge in [-0.15, -0.1) is 0 Å². The first-order valence-corrected chi connectivity index (χ1v) is 16.9. The Labute approximate surface area is 295 Å². The van der Waals surface area contributed by atoms with E-state index in [-0.39, 0.29) is 0 Å². The summed E-state index contributed by atoms with van der Waals surface area (Å²) in [6.45, 7) is 0. The van der Waals surface area contributed by atoms with Crippen LogP contribution in [0.2, 0.25) is 0 Å². The Morgan fingerprint density at radius 1 is 0.275 bits per heavy atom. The van der Waals surface area contributed by atoms with Crippen molar-refractivity contribution in [2.24, 2.45) is 0 Å². The van der Waals surface area contributed by atoms with E-state index >= 15 is 0 Å². The van der Waals surface area contributed by atoms with Gasteiger partial charge < -0.3 is 4.42 Å². The van der Waals surface area contributed by atoms with Crippen LogP contribution in [0, 0.1) is 0 Å². The van der Waals surface area contributed by atoms with Gasteiger partial charge in [0.15, 0.2) is 23.1 Å². The SMILES string of the molecule is c1ccc(-c2ccc(-c3nc(-c4ccc(-c5nc6ccccc6o5)cc4)nc(-c4cccc(-c5cccc(-c6ccccc6)c5)c4)n3)cc2)cc1. The number of oxazole rings is 1. The minimum atomic E-state index is 0.575. The molecule has 0 unspecified atom stereocenters. The Hall–Kier alpha value is -6.98. The van der Waals surface area contributed by atoms with E-state index in [0.29, 0.717) is 23.4 Å². The number of hydrogen-bond acceptors (Lipinski definition) is 5. The van der Waals surface area contributed by atoms with Crippen molar-refractivity contribution in [3.63, 3.8) is 0 Å². The molecule has 7 aromatic carbocycles. The molecule has 0 saturated carbocycles. The Kier molecular flexibility index (Phi) is 7.76. The van der Waals surface area contributed by atoms with Crippen LogP contribution >= 0.6 is 0 Å². The summed E-state index contributed by atoms with van der Waals surface area (Å²) < 4.78 is 6.02. The highest BCUT2D eigenvalue weighted by Gasteiger charge is 2.15. The Morgan fingerprint density at radius 3 is 1.25 bits per heavy atom. The molecular weight excluding hydrogens is 625 g/mol. The minimum Gasteiger partial charge on any atom is -0.436 e. The molecule has 2 heterocycles. The topological polar surface area (TPSA) is 64.7 Å². The molecule has 51 heavy (non-hydrogen) atoms. The number of benzene rings is 7. The molecule has 0 amide bonds. The molecule has 240 valence electrons. The highest BCUT2D eigenvalue weighted by molar-refractivity contribution is 5.78. The molecular formula is C46H30N4O. The third-order valence-corrected chi connectivity index (χ3v) is 8.99. The molecule has 9 rings (SSSR count). The molecule has 0 atom stereocenters. The van der Waals surface area contributed by atoms with Gasteiger partial charge >= 0.3 is 0 Å². The summed E-state index contributed by atoms with van der Waals surface area (Å²) in [5, 5.41) is 0. The van der Waals surface area contributed by atoms with Crippen LogP contribution in [-0.2, 0) is 0 Å². The lowest BCUT2D eigenvalue weighted by molar-refractivity contribution is 0.620. The van der Waals surface area contributed by atoms with Crippen molar-refractivity contribution in [2.75, 3.05) is 0 Å². The maximum atomic E-state index is 6.02. The van der Waals surface area contributed by atoms with Crippen LogP contribution < -0.4 is 0 Å². The Morgan fingerprint density at radius 2 is 0.667 bits per heavy atom. The lowest BCUT2D eigenvalue weighted by Crippen LogP contribution is -2.00. The quantitative estimate of drug-likeness (QED) is 0.171. The normalized spacial score (nSPS) is 11.1. The summed E-state index contributed by atoms with van der Waals surface area (Å²) in [5.74, 6) is 2.37. The maximum absolute atomic E-state index is 6.02. The molecule has 5 heteroatoms. The molecule has 9 aromatic rings. The molecule has 0 aliphatic heterocycles. The fourth-order valence-electron chi connectivity index (χ4n) is 6.31. The van der Waals surface area contributed by atoms with Gasteiger partial charge in [0.1, 0.15) is 5.52 Å². The number of hydrogen-bond donors (Lipinski definition) is 0. The molecule has 0 aliphatic carbocycles. The van der Waals surface area contributed by atoms with Gasteiger partial charge in [-0.1, -0.05) is 146 Å². The van der Waals surface area contributed by atoms with Crippen LogP contribution in [0.4, 0.5) is 0 Å². The summed E-state index contributed by atoms with van der Waals surface area (Å²) in [6.07, 6.45) is 0. The van der Waals surface area contributed by atoms with E-state index in [9.17, 15) is 0 Å². The average molecular weight is 655 g/mol. The Bertz CT molecular complexity index is 2580. The predicted octanol–water partition coefficient (Wildman–Crippen LogP) is 11.7. The van der Waals surface area contributed by atoms with Gasteiger partial charge in [0.25, 0.3) is 0 Å². The van der Waals surface area contributed by atoms with Gasteiger partial charge in [-0.3, -0.25) is 0 Å². The summed E-state index contributed by atoms with van der Waals surface area (Å²) in [4.78, 5) is 19.8. The lowest BCUT2D eigenvalue weighted by atomic mass is 9.98. The van der Waals surface area contributed by atoms with Crippen LogP contribution in [0.15, 0.2) is 186 Å². The van der Waals surface area contributed by atoms with E-state index < -0.39 is 0 Å². The maximum Gasteiger partial charge on any atom is 0.227 e. The minimum absolute atomic E-state index is 0.575. The monoisotopic (exact) mass is 654 g/mol. The van der Waals surface area contributed by atoms with Crippen molar-refractivity contribution >= 4 is 11.1 Å². The average Bonchev–Trinajstić information content (AvgIpc) is 3.66. The third kappa shape index (κ3) is 6.20.